The minimum atomic E-state index is -1.34. The Morgan fingerprint density at radius 2 is 1.98 bits per heavy atom. The summed E-state index contributed by atoms with van der Waals surface area (Å²) in [7, 11) is 1.37. The number of anilines is 2. The van der Waals surface area contributed by atoms with E-state index in [9.17, 15) is 19.5 Å². The van der Waals surface area contributed by atoms with E-state index in [1.54, 1.807) is 30.5 Å². The molecular weight excluding hydrogens is 549 g/mol. The van der Waals surface area contributed by atoms with Crippen molar-refractivity contribution in [1.29, 1.82) is 0 Å². The van der Waals surface area contributed by atoms with Gasteiger partial charge in [0.15, 0.2) is 0 Å². The maximum atomic E-state index is 15.9. The standard InChI is InChI=1S/C31H31ClFN3O5/c1-30(2,3)15-17-14-19(27(37)35-21-11-10-16(28(38)39)13-23(21)41-4)24(18-7-5-8-20(32)25(18)33)31(17)26-22(36-29(31)40)9-6-12-34-26/h5-13,17,19,24H,14-15H2,1-4H3,(H,35,37)(H,36,40)(H,38,39)/t17-,19+,24-,31+/m0/s1. The molecule has 8 nitrogen and oxygen atoms in total. The van der Waals surface area contributed by atoms with E-state index in [4.69, 9.17) is 16.3 Å². The quantitative estimate of drug-likeness (QED) is 0.317. The van der Waals surface area contributed by atoms with Gasteiger partial charge in [0.25, 0.3) is 0 Å². The zero-order valence-corrected chi connectivity index (χ0v) is 23.9. The van der Waals surface area contributed by atoms with Gasteiger partial charge in [0.1, 0.15) is 17.0 Å². The number of pyridine rings is 1. The van der Waals surface area contributed by atoms with Crippen molar-refractivity contribution in [2.24, 2.45) is 17.3 Å². The highest BCUT2D eigenvalue weighted by Gasteiger charge is 2.66. The average molecular weight is 580 g/mol. The number of amides is 2. The lowest BCUT2D eigenvalue weighted by Gasteiger charge is -2.38. The number of nitrogens with zero attached hydrogens (tertiary/aromatic N) is 1. The molecular formula is C31H31ClFN3O5. The fraction of sp³-hybridized carbons (Fsp3) is 0.355. The number of halogens is 2. The van der Waals surface area contributed by atoms with Crippen LogP contribution in [0.4, 0.5) is 15.8 Å². The molecule has 0 bridgehead atoms. The van der Waals surface area contributed by atoms with Gasteiger partial charge in [0.2, 0.25) is 11.8 Å². The lowest BCUT2D eigenvalue weighted by Crippen LogP contribution is -2.45. The zero-order valence-electron chi connectivity index (χ0n) is 23.1. The summed E-state index contributed by atoms with van der Waals surface area (Å²) >= 11 is 6.25. The number of hydrogen-bond donors (Lipinski definition) is 3. The van der Waals surface area contributed by atoms with Gasteiger partial charge in [-0.15, -0.1) is 0 Å². The van der Waals surface area contributed by atoms with Crippen LogP contribution >= 0.6 is 11.6 Å². The second-order valence-electron chi connectivity index (χ2n) is 11.9. The average Bonchev–Trinajstić information content (AvgIpc) is 3.40. The number of aromatic carboxylic acids is 1. The molecule has 2 aliphatic rings. The van der Waals surface area contributed by atoms with Crippen molar-refractivity contribution in [3.8, 4) is 5.75 Å². The van der Waals surface area contributed by atoms with Gasteiger partial charge >= 0.3 is 5.97 Å². The highest BCUT2D eigenvalue weighted by molar-refractivity contribution is 6.30. The Balaban J connectivity index is 1.69. The summed E-state index contributed by atoms with van der Waals surface area (Å²) in [5.41, 5.74) is -0.123. The van der Waals surface area contributed by atoms with Crippen molar-refractivity contribution in [3.05, 3.63) is 82.4 Å². The largest absolute Gasteiger partial charge is 0.495 e. The predicted molar refractivity (Wildman–Crippen MR) is 153 cm³/mol. The SMILES string of the molecule is COc1cc(C(=O)O)ccc1NC(=O)[C@@H]1C[C@@H](CC(C)(C)C)[C@@]2(C(=O)Nc3cccnc32)[C@H]1c1cccc(Cl)c1F. The molecule has 1 fully saturated rings. The minimum Gasteiger partial charge on any atom is -0.495 e. The number of benzene rings is 2. The number of fused-ring (bicyclic) bond motifs is 2. The maximum absolute atomic E-state index is 15.9. The fourth-order valence-corrected chi connectivity index (χ4v) is 6.84. The van der Waals surface area contributed by atoms with Gasteiger partial charge in [-0.2, -0.15) is 0 Å². The fourth-order valence-electron chi connectivity index (χ4n) is 6.65. The van der Waals surface area contributed by atoms with E-state index < -0.39 is 34.9 Å². The molecule has 3 N–H and O–H groups in total. The van der Waals surface area contributed by atoms with Gasteiger partial charge in [-0.3, -0.25) is 14.6 Å². The van der Waals surface area contributed by atoms with E-state index in [0.29, 0.717) is 17.8 Å². The van der Waals surface area contributed by atoms with Crippen molar-refractivity contribution in [2.75, 3.05) is 17.7 Å². The molecule has 10 heteroatoms. The molecule has 214 valence electrons. The minimum absolute atomic E-state index is 0.00547. The Kier molecular flexibility index (Phi) is 7.27. The van der Waals surface area contributed by atoms with Crippen LogP contribution in [0.15, 0.2) is 54.7 Å². The summed E-state index contributed by atoms with van der Waals surface area (Å²) < 4.78 is 21.2. The third kappa shape index (κ3) is 4.82. The van der Waals surface area contributed by atoms with Crippen LogP contribution < -0.4 is 15.4 Å². The Labute approximate surface area is 242 Å². The first-order valence-electron chi connectivity index (χ1n) is 13.3. The smallest absolute Gasteiger partial charge is 0.335 e. The number of ether oxygens (including phenoxy) is 1. The molecule has 1 aliphatic carbocycles. The Hall–Kier alpha value is -3.98. The van der Waals surface area contributed by atoms with Crippen LogP contribution in [0.25, 0.3) is 0 Å². The number of rotatable bonds is 6. The maximum Gasteiger partial charge on any atom is 0.335 e. The number of methoxy groups -OCH3 is 1. The van der Waals surface area contributed by atoms with Crippen LogP contribution in [0.2, 0.25) is 5.02 Å². The molecule has 0 radical (unpaired) electrons. The van der Waals surface area contributed by atoms with E-state index in [1.807, 2.05) is 0 Å². The van der Waals surface area contributed by atoms with Crippen LogP contribution in [0.1, 0.15) is 61.1 Å². The summed E-state index contributed by atoms with van der Waals surface area (Å²) in [6, 6.07) is 12.2. The predicted octanol–water partition coefficient (Wildman–Crippen LogP) is 6.27. The number of carboxylic acids is 1. The number of aromatic nitrogens is 1. The van der Waals surface area contributed by atoms with Crippen LogP contribution in [0.3, 0.4) is 0 Å². The first-order chi connectivity index (χ1) is 19.4. The van der Waals surface area contributed by atoms with Gasteiger partial charge in [0, 0.05) is 18.0 Å². The van der Waals surface area contributed by atoms with Gasteiger partial charge in [-0.1, -0.05) is 44.5 Å². The number of carbonyl (C=O) groups excluding carboxylic acids is 2. The van der Waals surface area contributed by atoms with E-state index in [1.165, 1.54) is 31.4 Å². The van der Waals surface area contributed by atoms with Crippen molar-refractivity contribution in [1.82, 2.24) is 4.98 Å². The molecule has 2 aromatic carbocycles. The van der Waals surface area contributed by atoms with Crippen molar-refractivity contribution in [2.45, 2.75) is 44.9 Å². The number of carbonyl (C=O) groups is 3. The second kappa shape index (κ2) is 10.4. The van der Waals surface area contributed by atoms with E-state index in [-0.39, 0.29) is 51.2 Å². The number of hydrogen-bond acceptors (Lipinski definition) is 5. The first kappa shape index (κ1) is 28.5. The molecule has 1 saturated carbocycles. The van der Waals surface area contributed by atoms with Crippen LogP contribution in [-0.2, 0) is 15.0 Å². The van der Waals surface area contributed by atoms with E-state index in [2.05, 4.69) is 36.4 Å². The van der Waals surface area contributed by atoms with Gasteiger partial charge in [-0.05, 0) is 66.1 Å². The molecule has 4 atom stereocenters. The molecule has 1 aromatic heterocycles. The number of carboxylic acid groups (broad SMARTS) is 1. The van der Waals surface area contributed by atoms with Crippen molar-refractivity contribution < 1.29 is 28.6 Å². The monoisotopic (exact) mass is 579 g/mol. The molecule has 1 aliphatic heterocycles. The third-order valence-corrected chi connectivity index (χ3v) is 8.41. The first-order valence-corrected chi connectivity index (χ1v) is 13.7. The highest BCUT2D eigenvalue weighted by Crippen LogP contribution is 2.63. The van der Waals surface area contributed by atoms with E-state index >= 15 is 4.39 Å². The zero-order chi connectivity index (χ0) is 29.7. The summed E-state index contributed by atoms with van der Waals surface area (Å²) in [5.74, 6) is -4.62. The molecule has 0 unspecified atom stereocenters. The lowest BCUT2D eigenvalue weighted by molar-refractivity contribution is -0.123. The molecule has 5 rings (SSSR count). The summed E-state index contributed by atoms with van der Waals surface area (Å²) in [4.78, 5) is 44.4. The van der Waals surface area contributed by atoms with Gasteiger partial charge in [-0.25, -0.2) is 9.18 Å². The Morgan fingerprint density at radius 1 is 1.22 bits per heavy atom. The van der Waals surface area contributed by atoms with Crippen molar-refractivity contribution in [3.63, 3.8) is 0 Å². The number of nitrogens with one attached hydrogen (secondary N) is 2. The van der Waals surface area contributed by atoms with Crippen LogP contribution in [0.5, 0.6) is 5.75 Å². The molecule has 3 aromatic rings. The van der Waals surface area contributed by atoms with Crippen LogP contribution in [-0.4, -0.2) is 35.0 Å². The normalized spacial score (nSPS) is 23.3. The second-order valence-corrected chi connectivity index (χ2v) is 12.3. The molecule has 41 heavy (non-hydrogen) atoms. The summed E-state index contributed by atoms with van der Waals surface area (Å²) in [5, 5.41) is 15.1. The topological polar surface area (TPSA) is 118 Å². The summed E-state index contributed by atoms with van der Waals surface area (Å²) in [6.07, 6.45) is 2.44. The summed E-state index contributed by atoms with van der Waals surface area (Å²) in [6.45, 7) is 6.18. The van der Waals surface area contributed by atoms with Crippen molar-refractivity contribution >= 4 is 40.8 Å². The third-order valence-electron chi connectivity index (χ3n) is 8.12. The molecule has 0 saturated heterocycles. The lowest BCUT2D eigenvalue weighted by atomic mass is 9.63. The molecule has 2 heterocycles. The van der Waals surface area contributed by atoms with Gasteiger partial charge < -0.3 is 20.5 Å². The highest BCUT2D eigenvalue weighted by atomic mass is 35.5. The van der Waals surface area contributed by atoms with E-state index in [0.717, 1.165) is 0 Å². The van der Waals surface area contributed by atoms with Crippen LogP contribution in [0, 0.1) is 23.1 Å². The molecule has 1 spiro atoms. The Bertz CT molecular complexity index is 1550. The molecule has 2 amide bonds. The Morgan fingerprint density at radius 3 is 2.66 bits per heavy atom. The van der Waals surface area contributed by atoms with Gasteiger partial charge in [0.05, 0.1) is 34.8 Å².